The van der Waals surface area contributed by atoms with Gasteiger partial charge in [-0.1, -0.05) is 17.7 Å². The number of amides is 2. The minimum absolute atomic E-state index is 0.00584. The lowest BCUT2D eigenvalue weighted by Gasteiger charge is -2.29. The minimum atomic E-state index is -0.0977. The Morgan fingerprint density at radius 3 is 2.61 bits per heavy atom. The van der Waals surface area contributed by atoms with Crippen LogP contribution in [0.15, 0.2) is 18.2 Å². The van der Waals surface area contributed by atoms with Crippen LogP contribution in [0.4, 0.5) is 5.69 Å². The van der Waals surface area contributed by atoms with Crippen molar-refractivity contribution >= 4 is 29.1 Å². The molecule has 28 heavy (non-hydrogen) atoms. The van der Waals surface area contributed by atoms with E-state index in [1.54, 1.807) is 25.1 Å². The molecule has 1 aromatic heterocycles. The minimum Gasteiger partial charge on any atom is -0.348 e. The summed E-state index contributed by atoms with van der Waals surface area (Å²) < 4.78 is 2.07. The van der Waals surface area contributed by atoms with E-state index in [2.05, 4.69) is 20.1 Å². The van der Waals surface area contributed by atoms with Crippen LogP contribution >= 0.6 is 11.6 Å². The molecule has 2 amide bonds. The van der Waals surface area contributed by atoms with Crippen molar-refractivity contribution in [1.82, 2.24) is 19.7 Å². The van der Waals surface area contributed by atoms with Crippen LogP contribution in [0.3, 0.4) is 0 Å². The lowest BCUT2D eigenvalue weighted by molar-refractivity contribution is -0.128. The van der Waals surface area contributed by atoms with E-state index < -0.39 is 0 Å². The van der Waals surface area contributed by atoms with Gasteiger partial charge in [0, 0.05) is 43.7 Å². The SMILES string of the molecule is Cc1c(Cl)cccc1NC(=O)CCc1nnc(CC(=O)N(C)C)n1C1CCC1. The van der Waals surface area contributed by atoms with Gasteiger partial charge in [-0.3, -0.25) is 9.59 Å². The lowest BCUT2D eigenvalue weighted by atomic mass is 9.92. The monoisotopic (exact) mass is 403 g/mol. The van der Waals surface area contributed by atoms with E-state index in [0.717, 1.165) is 36.3 Å². The van der Waals surface area contributed by atoms with Gasteiger partial charge >= 0.3 is 0 Å². The quantitative estimate of drug-likeness (QED) is 0.769. The molecule has 0 spiro atoms. The molecule has 7 nitrogen and oxygen atoms in total. The number of nitrogens with one attached hydrogen (secondary N) is 1. The van der Waals surface area contributed by atoms with Crippen molar-refractivity contribution in [1.29, 1.82) is 0 Å². The number of carbonyl (C=O) groups excluding carboxylic acids is 2. The van der Waals surface area contributed by atoms with E-state index >= 15 is 0 Å². The van der Waals surface area contributed by atoms with E-state index in [9.17, 15) is 9.59 Å². The molecular formula is C20H26ClN5O2. The van der Waals surface area contributed by atoms with Crippen LogP contribution in [0.25, 0.3) is 0 Å². The Balaban J connectivity index is 1.68. The Bertz CT molecular complexity index is 873. The molecule has 3 rings (SSSR count). The van der Waals surface area contributed by atoms with Crippen LogP contribution in [-0.2, 0) is 22.4 Å². The highest BCUT2D eigenvalue weighted by atomic mass is 35.5. The molecule has 1 aliphatic carbocycles. The predicted molar refractivity (Wildman–Crippen MR) is 108 cm³/mol. The maximum atomic E-state index is 12.4. The standard InChI is InChI=1S/C20H26ClN5O2/c1-13-15(21)8-5-9-16(13)22-19(27)11-10-17-23-24-18(12-20(28)25(2)3)26(17)14-6-4-7-14/h5,8-9,14H,4,6-7,10-12H2,1-3H3,(H,22,27). The Kier molecular flexibility index (Phi) is 6.34. The third-order valence-corrected chi connectivity index (χ3v) is 5.61. The number of anilines is 1. The second-order valence-electron chi connectivity index (χ2n) is 7.41. The number of rotatable bonds is 7. The smallest absolute Gasteiger partial charge is 0.229 e. The maximum absolute atomic E-state index is 12.4. The van der Waals surface area contributed by atoms with Crippen LogP contribution in [0, 0.1) is 6.92 Å². The molecule has 1 saturated carbocycles. The summed E-state index contributed by atoms with van der Waals surface area (Å²) in [6.45, 7) is 1.87. The summed E-state index contributed by atoms with van der Waals surface area (Å²) in [5.41, 5.74) is 1.56. The van der Waals surface area contributed by atoms with Gasteiger partial charge in [0.15, 0.2) is 0 Å². The highest BCUT2D eigenvalue weighted by Gasteiger charge is 2.27. The zero-order valence-electron chi connectivity index (χ0n) is 16.5. The normalized spacial score (nSPS) is 13.9. The van der Waals surface area contributed by atoms with Gasteiger partial charge in [0.2, 0.25) is 11.8 Å². The molecule has 1 aromatic carbocycles. The largest absolute Gasteiger partial charge is 0.348 e. The number of hydrogen-bond acceptors (Lipinski definition) is 4. The first-order chi connectivity index (χ1) is 13.4. The van der Waals surface area contributed by atoms with Gasteiger partial charge in [0.25, 0.3) is 0 Å². The van der Waals surface area contributed by atoms with E-state index in [4.69, 9.17) is 11.6 Å². The maximum Gasteiger partial charge on any atom is 0.229 e. The summed E-state index contributed by atoms with van der Waals surface area (Å²) in [6.07, 6.45) is 4.27. The van der Waals surface area contributed by atoms with Crippen molar-refractivity contribution in [2.45, 2.75) is 51.5 Å². The topological polar surface area (TPSA) is 80.1 Å². The molecule has 8 heteroatoms. The average molecular weight is 404 g/mol. The summed E-state index contributed by atoms with van der Waals surface area (Å²) in [5, 5.41) is 12.1. The number of likely N-dealkylation sites (N-methyl/N-ethyl adjacent to an activating group) is 1. The Hall–Kier alpha value is -2.41. The molecule has 1 aliphatic rings. The molecule has 150 valence electrons. The van der Waals surface area contributed by atoms with Crippen LogP contribution in [-0.4, -0.2) is 45.6 Å². The van der Waals surface area contributed by atoms with E-state index in [1.165, 1.54) is 0 Å². The van der Waals surface area contributed by atoms with Crippen molar-refractivity contribution in [2.24, 2.45) is 0 Å². The molecule has 0 aliphatic heterocycles. The van der Waals surface area contributed by atoms with Gasteiger partial charge < -0.3 is 14.8 Å². The predicted octanol–water partition coefficient (Wildman–Crippen LogP) is 3.17. The number of halogens is 1. The molecule has 0 unspecified atom stereocenters. The Morgan fingerprint density at radius 2 is 1.96 bits per heavy atom. The van der Waals surface area contributed by atoms with Crippen molar-refractivity contribution in [3.05, 3.63) is 40.4 Å². The number of hydrogen-bond donors (Lipinski definition) is 1. The van der Waals surface area contributed by atoms with Crippen molar-refractivity contribution in [3.8, 4) is 0 Å². The van der Waals surface area contributed by atoms with Crippen LogP contribution in [0.1, 0.15) is 48.9 Å². The molecule has 0 saturated heterocycles. The van der Waals surface area contributed by atoms with Crippen LogP contribution < -0.4 is 5.32 Å². The van der Waals surface area contributed by atoms with Gasteiger partial charge in [-0.2, -0.15) is 0 Å². The summed E-state index contributed by atoms with van der Waals surface area (Å²) in [7, 11) is 3.46. The van der Waals surface area contributed by atoms with Crippen LogP contribution in [0.2, 0.25) is 5.02 Å². The van der Waals surface area contributed by atoms with Gasteiger partial charge in [0.1, 0.15) is 11.6 Å². The first-order valence-electron chi connectivity index (χ1n) is 9.54. The molecule has 1 heterocycles. The molecule has 0 bridgehead atoms. The van der Waals surface area contributed by atoms with Gasteiger partial charge in [-0.15, -0.1) is 10.2 Å². The van der Waals surface area contributed by atoms with Gasteiger partial charge in [-0.05, 0) is 43.9 Å². The average Bonchev–Trinajstić information content (AvgIpc) is 2.98. The first kappa shape index (κ1) is 20.3. The van der Waals surface area contributed by atoms with E-state index in [-0.39, 0.29) is 18.2 Å². The second kappa shape index (κ2) is 8.73. The van der Waals surface area contributed by atoms with Crippen molar-refractivity contribution in [3.63, 3.8) is 0 Å². The van der Waals surface area contributed by atoms with Gasteiger partial charge in [0.05, 0.1) is 6.42 Å². The molecule has 2 aromatic rings. The lowest BCUT2D eigenvalue weighted by Crippen LogP contribution is -2.28. The first-order valence-corrected chi connectivity index (χ1v) is 9.92. The number of nitrogens with zero attached hydrogens (tertiary/aromatic N) is 4. The zero-order chi connectivity index (χ0) is 20.3. The fourth-order valence-corrected chi connectivity index (χ4v) is 3.37. The van der Waals surface area contributed by atoms with E-state index in [0.29, 0.717) is 29.7 Å². The number of aromatic nitrogens is 3. The second-order valence-corrected chi connectivity index (χ2v) is 7.82. The summed E-state index contributed by atoms with van der Waals surface area (Å²) in [4.78, 5) is 26.1. The van der Waals surface area contributed by atoms with Crippen LogP contribution in [0.5, 0.6) is 0 Å². The third kappa shape index (κ3) is 4.52. The fraction of sp³-hybridized carbons (Fsp3) is 0.500. The molecular weight excluding hydrogens is 378 g/mol. The Morgan fingerprint density at radius 1 is 1.25 bits per heavy atom. The molecule has 0 radical (unpaired) electrons. The molecule has 0 atom stereocenters. The summed E-state index contributed by atoms with van der Waals surface area (Å²) in [5.74, 6) is 1.35. The summed E-state index contributed by atoms with van der Waals surface area (Å²) >= 11 is 6.11. The number of benzene rings is 1. The number of carbonyl (C=O) groups is 2. The van der Waals surface area contributed by atoms with Crippen molar-refractivity contribution < 1.29 is 9.59 Å². The molecule has 1 fully saturated rings. The van der Waals surface area contributed by atoms with Crippen molar-refractivity contribution in [2.75, 3.05) is 19.4 Å². The number of aryl methyl sites for hydroxylation is 1. The third-order valence-electron chi connectivity index (χ3n) is 5.20. The highest BCUT2D eigenvalue weighted by molar-refractivity contribution is 6.31. The summed E-state index contributed by atoms with van der Waals surface area (Å²) in [6, 6.07) is 5.77. The molecule has 1 N–H and O–H groups in total. The zero-order valence-corrected chi connectivity index (χ0v) is 17.3. The fourth-order valence-electron chi connectivity index (χ4n) is 3.19. The highest BCUT2D eigenvalue weighted by Crippen LogP contribution is 2.33. The Labute approximate surface area is 170 Å². The van der Waals surface area contributed by atoms with E-state index in [1.807, 2.05) is 19.1 Å². The van der Waals surface area contributed by atoms with Gasteiger partial charge in [-0.25, -0.2) is 0 Å².